The van der Waals surface area contributed by atoms with Crippen LogP contribution in [-0.4, -0.2) is 20.9 Å². The van der Waals surface area contributed by atoms with Crippen molar-refractivity contribution in [1.29, 1.82) is 0 Å². The van der Waals surface area contributed by atoms with Crippen LogP contribution in [0.5, 0.6) is 0 Å². The van der Waals surface area contributed by atoms with E-state index < -0.39 is 16.8 Å². The smallest absolute Gasteiger partial charge is 0.241 e. The Kier molecular flexibility index (Phi) is 8.89. The summed E-state index contributed by atoms with van der Waals surface area (Å²) in [6.07, 6.45) is 1.54. The minimum atomic E-state index is -0.958. The molecule has 0 fully saturated rings. The van der Waals surface area contributed by atoms with Gasteiger partial charge in [-0.3, -0.25) is 9.00 Å². The fraction of sp³-hybridized carbons (Fsp3) is 0.562. The van der Waals surface area contributed by atoms with E-state index in [1.54, 1.807) is 0 Å². The third-order valence-corrected chi connectivity index (χ3v) is 5.07. The SMILES string of the molecule is CCCC(N)C(=O)Nc1cccc(CS(=O)C(C)(C)C)c1.Cl. The highest BCUT2D eigenvalue weighted by atomic mass is 35.5. The van der Waals surface area contributed by atoms with Gasteiger partial charge in [-0.2, -0.15) is 0 Å². The summed E-state index contributed by atoms with van der Waals surface area (Å²) in [5.74, 6) is 0.305. The van der Waals surface area contributed by atoms with Crippen molar-refractivity contribution in [2.45, 2.75) is 57.1 Å². The Morgan fingerprint density at radius 2 is 2.00 bits per heavy atom. The summed E-state index contributed by atoms with van der Waals surface area (Å²) in [7, 11) is -0.958. The molecule has 0 spiro atoms. The van der Waals surface area contributed by atoms with E-state index in [1.165, 1.54) is 0 Å². The lowest BCUT2D eigenvalue weighted by Gasteiger charge is -2.18. The average molecular weight is 347 g/mol. The third kappa shape index (κ3) is 6.90. The number of hydrogen-bond donors (Lipinski definition) is 2. The van der Waals surface area contributed by atoms with Crippen molar-refractivity contribution in [3.8, 4) is 0 Å². The average Bonchev–Trinajstić information content (AvgIpc) is 2.38. The van der Waals surface area contributed by atoms with E-state index in [0.29, 0.717) is 17.9 Å². The van der Waals surface area contributed by atoms with Crippen LogP contribution in [0.2, 0.25) is 0 Å². The molecule has 6 heteroatoms. The number of rotatable bonds is 6. The molecule has 3 N–H and O–H groups in total. The maximum atomic E-state index is 12.2. The molecule has 1 amide bonds. The number of carbonyl (C=O) groups excluding carboxylic acids is 1. The van der Waals surface area contributed by atoms with E-state index in [9.17, 15) is 9.00 Å². The van der Waals surface area contributed by atoms with Crippen LogP contribution in [0, 0.1) is 0 Å². The van der Waals surface area contributed by atoms with Crippen molar-refractivity contribution >= 4 is 34.8 Å². The van der Waals surface area contributed by atoms with Gasteiger partial charge in [0.2, 0.25) is 5.91 Å². The van der Waals surface area contributed by atoms with Crippen LogP contribution in [0.1, 0.15) is 46.1 Å². The summed E-state index contributed by atoms with van der Waals surface area (Å²) in [5, 5.41) is 2.82. The Hall–Kier alpha value is -0.910. The molecule has 0 bridgehead atoms. The van der Waals surface area contributed by atoms with Crippen LogP contribution in [0.25, 0.3) is 0 Å². The van der Waals surface area contributed by atoms with E-state index in [4.69, 9.17) is 5.73 Å². The number of amides is 1. The van der Waals surface area contributed by atoms with Crippen LogP contribution in [0.3, 0.4) is 0 Å². The molecule has 1 aromatic rings. The van der Waals surface area contributed by atoms with Crippen molar-refractivity contribution in [3.63, 3.8) is 0 Å². The van der Waals surface area contributed by atoms with Gasteiger partial charge in [0.1, 0.15) is 0 Å². The fourth-order valence-electron chi connectivity index (χ4n) is 1.78. The van der Waals surface area contributed by atoms with Crippen molar-refractivity contribution in [2.75, 3.05) is 5.32 Å². The summed E-state index contributed by atoms with van der Waals surface area (Å²) in [4.78, 5) is 11.9. The monoisotopic (exact) mass is 346 g/mol. The number of carbonyl (C=O) groups is 1. The molecule has 4 nitrogen and oxygen atoms in total. The van der Waals surface area contributed by atoms with E-state index in [1.807, 2.05) is 52.0 Å². The second-order valence-electron chi connectivity index (χ2n) is 6.19. The van der Waals surface area contributed by atoms with E-state index >= 15 is 0 Å². The predicted octanol–water partition coefficient (Wildman–Crippen LogP) is 3.22. The summed E-state index contributed by atoms with van der Waals surface area (Å²) in [5.41, 5.74) is 7.44. The number of benzene rings is 1. The van der Waals surface area contributed by atoms with Gasteiger partial charge in [-0.15, -0.1) is 12.4 Å². The molecule has 2 atom stereocenters. The Labute approximate surface area is 142 Å². The number of anilines is 1. The molecule has 0 aliphatic heterocycles. The van der Waals surface area contributed by atoms with E-state index in [0.717, 1.165) is 12.0 Å². The number of nitrogens with two attached hydrogens (primary N) is 1. The van der Waals surface area contributed by atoms with Gasteiger partial charge in [-0.1, -0.05) is 25.5 Å². The summed E-state index contributed by atoms with van der Waals surface area (Å²) in [6.45, 7) is 7.87. The first kappa shape index (κ1) is 21.1. The third-order valence-electron chi connectivity index (χ3n) is 3.11. The van der Waals surface area contributed by atoms with Crippen molar-refractivity contribution in [1.82, 2.24) is 0 Å². The highest BCUT2D eigenvalue weighted by Gasteiger charge is 2.19. The van der Waals surface area contributed by atoms with E-state index in [2.05, 4.69) is 5.32 Å². The minimum Gasteiger partial charge on any atom is -0.325 e. The van der Waals surface area contributed by atoms with Crippen LogP contribution in [-0.2, 0) is 21.3 Å². The molecule has 126 valence electrons. The van der Waals surface area contributed by atoms with Gasteiger partial charge in [0, 0.05) is 27.0 Å². The standard InChI is InChI=1S/C16H26N2O2S.ClH/c1-5-7-14(17)15(19)18-13-9-6-8-12(10-13)11-21(20)16(2,3)4;/h6,8-10,14H,5,7,11,17H2,1-4H3,(H,18,19);1H. The molecule has 0 aliphatic rings. The van der Waals surface area contributed by atoms with E-state index in [-0.39, 0.29) is 23.1 Å². The minimum absolute atomic E-state index is 0. The second-order valence-corrected chi connectivity index (χ2v) is 8.39. The normalized spacial score (nSPS) is 13.9. The number of halogens is 1. The zero-order valence-corrected chi connectivity index (χ0v) is 15.4. The summed E-state index contributed by atoms with van der Waals surface area (Å²) in [6, 6.07) is 6.98. The van der Waals surface area contributed by atoms with Crippen LogP contribution < -0.4 is 11.1 Å². The first-order valence-corrected chi connectivity index (χ1v) is 8.59. The van der Waals surface area contributed by atoms with Gasteiger partial charge in [-0.05, 0) is 44.9 Å². The summed E-state index contributed by atoms with van der Waals surface area (Å²) < 4.78 is 11.9. The van der Waals surface area contributed by atoms with Crippen molar-refractivity contribution in [2.24, 2.45) is 5.73 Å². The van der Waals surface area contributed by atoms with Gasteiger partial charge in [0.15, 0.2) is 0 Å². The fourth-order valence-corrected chi connectivity index (χ4v) is 2.70. The van der Waals surface area contributed by atoms with Crippen molar-refractivity contribution < 1.29 is 9.00 Å². The maximum absolute atomic E-state index is 12.2. The quantitative estimate of drug-likeness (QED) is 0.830. The van der Waals surface area contributed by atoms with Crippen LogP contribution >= 0.6 is 12.4 Å². The molecular weight excluding hydrogens is 320 g/mol. The molecule has 0 aliphatic carbocycles. The molecular formula is C16H27ClN2O2S. The zero-order chi connectivity index (χ0) is 16.0. The topological polar surface area (TPSA) is 72.2 Å². The second kappa shape index (κ2) is 9.28. The molecule has 0 saturated carbocycles. The Morgan fingerprint density at radius 3 is 2.55 bits per heavy atom. The Morgan fingerprint density at radius 1 is 1.36 bits per heavy atom. The van der Waals surface area contributed by atoms with Gasteiger partial charge in [0.05, 0.1) is 6.04 Å². The lowest BCUT2D eigenvalue weighted by Crippen LogP contribution is -2.35. The predicted molar refractivity (Wildman–Crippen MR) is 96.8 cm³/mol. The lowest BCUT2D eigenvalue weighted by molar-refractivity contribution is -0.117. The number of nitrogens with one attached hydrogen (secondary N) is 1. The zero-order valence-electron chi connectivity index (χ0n) is 13.7. The van der Waals surface area contributed by atoms with Crippen molar-refractivity contribution in [3.05, 3.63) is 29.8 Å². The van der Waals surface area contributed by atoms with Crippen LogP contribution in [0.4, 0.5) is 5.69 Å². The summed E-state index contributed by atoms with van der Waals surface area (Å²) >= 11 is 0. The molecule has 0 aromatic heterocycles. The maximum Gasteiger partial charge on any atom is 0.241 e. The molecule has 1 aromatic carbocycles. The lowest BCUT2D eigenvalue weighted by atomic mass is 10.1. The van der Waals surface area contributed by atoms with Gasteiger partial charge in [-0.25, -0.2) is 0 Å². The molecule has 22 heavy (non-hydrogen) atoms. The van der Waals surface area contributed by atoms with Gasteiger partial charge < -0.3 is 11.1 Å². The molecule has 1 rings (SSSR count). The largest absolute Gasteiger partial charge is 0.325 e. The first-order chi connectivity index (χ1) is 9.74. The highest BCUT2D eigenvalue weighted by molar-refractivity contribution is 7.85. The van der Waals surface area contributed by atoms with Crippen LogP contribution in [0.15, 0.2) is 24.3 Å². The molecule has 0 saturated heterocycles. The number of hydrogen-bond acceptors (Lipinski definition) is 3. The molecule has 2 unspecified atom stereocenters. The molecule has 0 radical (unpaired) electrons. The van der Waals surface area contributed by atoms with Gasteiger partial charge >= 0.3 is 0 Å². The highest BCUT2D eigenvalue weighted by Crippen LogP contribution is 2.18. The first-order valence-electron chi connectivity index (χ1n) is 7.28. The Balaban J connectivity index is 0.00000441. The molecule has 0 heterocycles. The van der Waals surface area contributed by atoms with Gasteiger partial charge in [0.25, 0.3) is 0 Å². The Bertz CT molecular complexity index is 515.